The van der Waals surface area contributed by atoms with Crippen LogP contribution >= 0.6 is 11.6 Å². The molecule has 1 aromatic heterocycles. The van der Waals surface area contributed by atoms with Crippen LogP contribution in [0, 0.1) is 6.92 Å². The van der Waals surface area contributed by atoms with Crippen molar-refractivity contribution >= 4 is 29.0 Å². The number of anilines is 2. The van der Waals surface area contributed by atoms with Crippen molar-refractivity contribution in [3.8, 4) is 0 Å². The Balaban J connectivity index is 2.30. The molecule has 2 rings (SSSR count). The van der Waals surface area contributed by atoms with Gasteiger partial charge < -0.3 is 10.2 Å². The summed E-state index contributed by atoms with van der Waals surface area (Å²) in [6.07, 6.45) is 1.50. The molecule has 110 valence electrons. The first-order valence-electron chi connectivity index (χ1n) is 6.77. The molecule has 1 N–H and O–H groups in total. The molecule has 0 aliphatic rings. The first kappa shape index (κ1) is 15.3. The lowest BCUT2D eigenvalue weighted by molar-refractivity contribution is 0.0993. The summed E-state index contributed by atoms with van der Waals surface area (Å²) in [6, 6.07) is 9.44. The van der Waals surface area contributed by atoms with Crippen molar-refractivity contribution < 1.29 is 4.79 Å². The van der Waals surface area contributed by atoms with Gasteiger partial charge in [0.05, 0.1) is 10.6 Å². The fourth-order valence-corrected chi connectivity index (χ4v) is 2.13. The highest BCUT2D eigenvalue weighted by molar-refractivity contribution is 6.34. The zero-order chi connectivity index (χ0) is 15.4. The van der Waals surface area contributed by atoms with Crippen LogP contribution in [0.15, 0.2) is 36.5 Å². The second-order valence-corrected chi connectivity index (χ2v) is 5.19. The molecule has 1 aromatic carbocycles. The zero-order valence-electron chi connectivity index (χ0n) is 12.4. The number of rotatable bonds is 4. The van der Waals surface area contributed by atoms with Crippen molar-refractivity contribution in [3.05, 3.63) is 52.7 Å². The maximum absolute atomic E-state index is 12.6. The minimum Gasteiger partial charge on any atom is -0.370 e. The summed E-state index contributed by atoms with van der Waals surface area (Å²) in [5, 5.41) is 3.42. The fourth-order valence-electron chi connectivity index (χ4n) is 1.95. The van der Waals surface area contributed by atoms with Crippen molar-refractivity contribution in [1.82, 2.24) is 4.98 Å². The van der Waals surface area contributed by atoms with Gasteiger partial charge in [0.25, 0.3) is 5.91 Å². The van der Waals surface area contributed by atoms with E-state index in [-0.39, 0.29) is 5.91 Å². The van der Waals surface area contributed by atoms with E-state index in [0.717, 1.165) is 17.8 Å². The molecule has 0 unspecified atom stereocenters. The lowest BCUT2D eigenvalue weighted by Gasteiger charge is -2.18. The van der Waals surface area contributed by atoms with E-state index >= 15 is 0 Å². The van der Waals surface area contributed by atoms with E-state index in [1.807, 2.05) is 38.1 Å². The van der Waals surface area contributed by atoms with Crippen molar-refractivity contribution in [2.24, 2.45) is 0 Å². The Kier molecular flexibility index (Phi) is 4.81. The van der Waals surface area contributed by atoms with Gasteiger partial charge in [-0.15, -0.1) is 0 Å². The monoisotopic (exact) mass is 303 g/mol. The van der Waals surface area contributed by atoms with Crippen LogP contribution in [-0.2, 0) is 0 Å². The van der Waals surface area contributed by atoms with Gasteiger partial charge in [-0.25, -0.2) is 4.98 Å². The van der Waals surface area contributed by atoms with Gasteiger partial charge >= 0.3 is 0 Å². The second-order valence-electron chi connectivity index (χ2n) is 4.78. The van der Waals surface area contributed by atoms with Crippen molar-refractivity contribution in [1.29, 1.82) is 0 Å². The fraction of sp³-hybridized carbons (Fsp3) is 0.250. The molecule has 21 heavy (non-hydrogen) atoms. The van der Waals surface area contributed by atoms with E-state index in [0.29, 0.717) is 16.4 Å². The summed E-state index contributed by atoms with van der Waals surface area (Å²) < 4.78 is 0. The molecule has 2 aromatic rings. The number of aryl methyl sites for hydroxylation is 1. The highest BCUT2D eigenvalue weighted by Gasteiger charge is 2.17. The summed E-state index contributed by atoms with van der Waals surface area (Å²) in [5.74, 6) is 0.480. The molecule has 0 fully saturated rings. The van der Waals surface area contributed by atoms with Gasteiger partial charge in [-0.05, 0) is 32.0 Å². The topological polar surface area (TPSA) is 45.2 Å². The van der Waals surface area contributed by atoms with Gasteiger partial charge in [-0.2, -0.15) is 0 Å². The van der Waals surface area contributed by atoms with Gasteiger partial charge in [0.1, 0.15) is 5.82 Å². The largest absolute Gasteiger partial charge is 0.370 e. The Morgan fingerprint density at radius 3 is 2.62 bits per heavy atom. The van der Waals surface area contributed by atoms with Crippen LogP contribution in [0.1, 0.15) is 22.8 Å². The minimum atomic E-state index is -0.162. The lowest BCUT2D eigenvalue weighted by Crippen LogP contribution is -2.26. The Bertz CT molecular complexity index is 640. The smallest absolute Gasteiger partial charge is 0.259 e. The van der Waals surface area contributed by atoms with E-state index in [9.17, 15) is 4.79 Å². The van der Waals surface area contributed by atoms with E-state index in [1.54, 1.807) is 18.0 Å². The first-order chi connectivity index (χ1) is 10.0. The van der Waals surface area contributed by atoms with Crippen LogP contribution in [0.4, 0.5) is 11.5 Å². The summed E-state index contributed by atoms with van der Waals surface area (Å²) >= 11 is 6.11. The minimum absolute atomic E-state index is 0.162. The summed E-state index contributed by atoms with van der Waals surface area (Å²) in [5.41, 5.74) is 2.41. The number of aromatic nitrogens is 1. The van der Waals surface area contributed by atoms with Crippen LogP contribution in [0.5, 0.6) is 0 Å². The molecular weight excluding hydrogens is 286 g/mol. The number of carbonyl (C=O) groups is 1. The SMILES string of the molecule is CCNc1cc(C(=O)N(C)c2ccc(C)cc2)c(Cl)cn1. The number of hydrogen-bond donors (Lipinski definition) is 1. The van der Waals surface area contributed by atoms with Gasteiger partial charge in [-0.1, -0.05) is 29.3 Å². The molecule has 4 nitrogen and oxygen atoms in total. The molecule has 0 saturated carbocycles. The quantitative estimate of drug-likeness (QED) is 0.935. The average molecular weight is 304 g/mol. The van der Waals surface area contributed by atoms with E-state index in [4.69, 9.17) is 11.6 Å². The summed E-state index contributed by atoms with van der Waals surface area (Å²) in [6.45, 7) is 4.71. The molecule has 0 bridgehead atoms. The highest BCUT2D eigenvalue weighted by Crippen LogP contribution is 2.22. The number of hydrogen-bond acceptors (Lipinski definition) is 3. The predicted octanol–water partition coefficient (Wildman–Crippen LogP) is 3.75. The third-order valence-electron chi connectivity index (χ3n) is 3.17. The molecule has 0 aliphatic heterocycles. The molecule has 5 heteroatoms. The standard InChI is InChI=1S/C16H18ClN3O/c1-4-18-15-9-13(14(17)10-19-15)16(21)20(3)12-7-5-11(2)6-8-12/h5-10H,4H2,1-3H3,(H,18,19). The predicted molar refractivity (Wildman–Crippen MR) is 87.3 cm³/mol. The van der Waals surface area contributed by atoms with Crippen LogP contribution in [0.2, 0.25) is 5.02 Å². The third kappa shape index (κ3) is 3.52. The van der Waals surface area contributed by atoms with Crippen LogP contribution < -0.4 is 10.2 Å². The average Bonchev–Trinajstić information content (AvgIpc) is 2.49. The van der Waals surface area contributed by atoms with Crippen LogP contribution in [-0.4, -0.2) is 24.5 Å². The third-order valence-corrected chi connectivity index (χ3v) is 3.47. The summed E-state index contributed by atoms with van der Waals surface area (Å²) in [4.78, 5) is 18.3. The van der Waals surface area contributed by atoms with Gasteiger partial charge in [0, 0.05) is 25.5 Å². The highest BCUT2D eigenvalue weighted by atomic mass is 35.5. The molecular formula is C16H18ClN3O. The van der Waals surface area contributed by atoms with Gasteiger partial charge in [-0.3, -0.25) is 4.79 Å². The Hall–Kier alpha value is -2.07. The van der Waals surface area contributed by atoms with E-state index in [2.05, 4.69) is 10.3 Å². The number of nitrogens with one attached hydrogen (secondary N) is 1. The number of amides is 1. The number of halogens is 1. The number of nitrogens with zero attached hydrogens (tertiary/aromatic N) is 2. The maximum Gasteiger partial charge on any atom is 0.259 e. The normalized spacial score (nSPS) is 10.3. The first-order valence-corrected chi connectivity index (χ1v) is 7.15. The second kappa shape index (κ2) is 6.59. The molecule has 0 saturated heterocycles. The number of pyridine rings is 1. The molecule has 1 amide bonds. The zero-order valence-corrected chi connectivity index (χ0v) is 13.1. The molecule has 0 aliphatic carbocycles. The molecule has 0 atom stereocenters. The van der Waals surface area contributed by atoms with E-state index in [1.165, 1.54) is 6.20 Å². The van der Waals surface area contributed by atoms with Crippen molar-refractivity contribution in [2.75, 3.05) is 23.8 Å². The Labute approximate surface area is 129 Å². The van der Waals surface area contributed by atoms with Crippen LogP contribution in [0.25, 0.3) is 0 Å². The van der Waals surface area contributed by atoms with Crippen LogP contribution in [0.3, 0.4) is 0 Å². The van der Waals surface area contributed by atoms with Crippen molar-refractivity contribution in [2.45, 2.75) is 13.8 Å². The van der Waals surface area contributed by atoms with Gasteiger partial charge in [0.15, 0.2) is 0 Å². The van der Waals surface area contributed by atoms with E-state index < -0.39 is 0 Å². The van der Waals surface area contributed by atoms with Crippen molar-refractivity contribution in [3.63, 3.8) is 0 Å². The molecule has 1 heterocycles. The Morgan fingerprint density at radius 1 is 1.33 bits per heavy atom. The summed E-state index contributed by atoms with van der Waals surface area (Å²) in [7, 11) is 1.73. The molecule has 0 spiro atoms. The van der Waals surface area contributed by atoms with Gasteiger partial charge in [0.2, 0.25) is 0 Å². The molecule has 0 radical (unpaired) electrons. The number of carbonyl (C=O) groups excluding carboxylic acids is 1. The number of benzene rings is 1. The lowest BCUT2D eigenvalue weighted by atomic mass is 10.2. The maximum atomic E-state index is 12.6. The Morgan fingerprint density at radius 2 is 2.00 bits per heavy atom.